The fourth-order valence-electron chi connectivity index (χ4n) is 2.82. The molecule has 1 saturated heterocycles. The first kappa shape index (κ1) is 23.5. The van der Waals surface area contributed by atoms with Crippen molar-refractivity contribution in [3.05, 3.63) is 59.1 Å². The number of nitrogens with two attached hydrogens (primary N) is 1. The summed E-state index contributed by atoms with van der Waals surface area (Å²) >= 11 is 6.32. The first-order chi connectivity index (χ1) is 12.2. The van der Waals surface area contributed by atoms with Gasteiger partial charge in [-0.2, -0.15) is 0 Å². The fourth-order valence-corrected chi connectivity index (χ4v) is 3.07. The number of amides is 1. The van der Waals surface area contributed by atoms with E-state index in [1.807, 2.05) is 42.5 Å². The van der Waals surface area contributed by atoms with E-state index < -0.39 is 6.10 Å². The van der Waals surface area contributed by atoms with Crippen LogP contribution in [0.2, 0.25) is 5.02 Å². The Kier molecular flexibility index (Phi) is 9.91. The van der Waals surface area contributed by atoms with E-state index in [1.54, 1.807) is 6.07 Å². The van der Waals surface area contributed by atoms with Crippen molar-refractivity contribution < 1.29 is 9.53 Å². The number of carbonyl (C=O) groups excluding carboxylic acids is 1. The molecule has 1 heterocycles. The first-order valence-corrected chi connectivity index (χ1v) is 8.77. The maximum Gasteiger partial charge on any atom is 0.253 e. The van der Waals surface area contributed by atoms with Crippen molar-refractivity contribution in [2.24, 2.45) is 5.73 Å². The number of benzene rings is 2. The quantitative estimate of drug-likeness (QED) is 0.638. The highest BCUT2D eigenvalue weighted by atomic mass is 35.5. The lowest BCUT2D eigenvalue weighted by Crippen LogP contribution is -2.29. The van der Waals surface area contributed by atoms with E-state index in [0.29, 0.717) is 30.2 Å². The van der Waals surface area contributed by atoms with E-state index in [9.17, 15) is 4.79 Å². The summed E-state index contributed by atoms with van der Waals surface area (Å²) in [7, 11) is 0. The van der Waals surface area contributed by atoms with Crippen molar-refractivity contribution in [2.75, 3.05) is 17.2 Å². The van der Waals surface area contributed by atoms with Gasteiger partial charge < -0.3 is 21.1 Å². The van der Waals surface area contributed by atoms with Crippen LogP contribution in [0.3, 0.4) is 0 Å². The molecule has 2 aromatic carbocycles. The van der Waals surface area contributed by atoms with Gasteiger partial charge in [-0.25, -0.2) is 0 Å². The minimum atomic E-state index is -0.441. The van der Waals surface area contributed by atoms with Crippen molar-refractivity contribution in [2.45, 2.75) is 31.6 Å². The average molecular weight is 433 g/mol. The molecule has 8 heteroatoms. The van der Waals surface area contributed by atoms with Gasteiger partial charge in [-0.1, -0.05) is 41.9 Å². The number of hydrogen-bond acceptors (Lipinski definition) is 4. The van der Waals surface area contributed by atoms with Crippen LogP contribution in [0.25, 0.3) is 0 Å². The molecule has 1 fully saturated rings. The zero-order chi connectivity index (χ0) is 17.6. The molecule has 1 amide bonds. The summed E-state index contributed by atoms with van der Waals surface area (Å²) in [4.78, 5) is 12.2. The highest BCUT2D eigenvalue weighted by Gasteiger charge is 2.29. The van der Waals surface area contributed by atoms with Crippen molar-refractivity contribution in [1.82, 2.24) is 0 Å². The third-order valence-electron chi connectivity index (χ3n) is 4.23. The third-order valence-corrected chi connectivity index (χ3v) is 4.54. The van der Waals surface area contributed by atoms with Crippen LogP contribution < -0.4 is 16.4 Å². The van der Waals surface area contributed by atoms with Crippen LogP contribution in [0.1, 0.15) is 18.4 Å². The Bertz CT molecular complexity index is 731. The third kappa shape index (κ3) is 6.55. The van der Waals surface area contributed by atoms with Crippen LogP contribution in [0.4, 0.5) is 11.4 Å². The minimum absolute atomic E-state index is 0. The maximum absolute atomic E-state index is 12.2. The van der Waals surface area contributed by atoms with Gasteiger partial charge in [0.05, 0.1) is 16.8 Å². The first-order valence-electron chi connectivity index (χ1n) is 8.39. The van der Waals surface area contributed by atoms with Gasteiger partial charge in [0, 0.05) is 18.8 Å². The topological polar surface area (TPSA) is 76.4 Å². The summed E-state index contributed by atoms with van der Waals surface area (Å²) in [6, 6.07) is 15.5. The number of anilines is 2. The summed E-state index contributed by atoms with van der Waals surface area (Å²) in [6.45, 7) is 1.13. The van der Waals surface area contributed by atoms with Crippen molar-refractivity contribution in [1.29, 1.82) is 0 Å². The molecule has 0 spiro atoms. The van der Waals surface area contributed by atoms with E-state index in [-0.39, 0.29) is 36.8 Å². The fraction of sp³-hybridized carbons (Fsp3) is 0.316. The Labute approximate surface area is 176 Å². The van der Waals surface area contributed by atoms with E-state index in [0.717, 1.165) is 12.1 Å². The lowest BCUT2D eigenvalue weighted by molar-refractivity contribution is -0.126. The van der Waals surface area contributed by atoms with Crippen LogP contribution in [0, 0.1) is 0 Å². The molecule has 27 heavy (non-hydrogen) atoms. The largest absolute Gasteiger partial charge is 0.380 e. The second-order valence-electron chi connectivity index (χ2n) is 6.08. The summed E-state index contributed by atoms with van der Waals surface area (Å²) < 4.78 is 5.60. The number of halogens is 3. The van der Waals surface area contributed by atoms with E-state index in [1.165, 1.54) is 5.56 Å². The highest BCUT2D eigenvalue weighted by molar-refractivity contribution is 6.33. The van der Waals surface area contributed by atoms with Crippen LogP contribution in [0.5, 0.6) is 0 Å². The Morgan fingerprint density at radius 3 is 2.52 bits per heavy atom. The Morgan fingerprint density at radius 1 is 1.15 bits per heavy atom. The Morgan fingerprint density at radius 2 is 1.89 bits per heavy atom. The molecule has 0 saturated carbocycles. The Balaban J connectivity index is 0.00000182. The van der Waals surface area contributed by atoms with Crippen molar-refractivity contribution >= 4 is 53.7 Å². The van der Waals surface area contributed by atoms with Gasteiger partial charge in [0.2, 0.25) is 0 Å². The van der Waals surface area contributed by atoms with Crippen molar-refractivity contribution in [3.63, 3.8) is 0 Å². The molecule has 0 aromatic heterocycles. The number of hydrogen-bond donors (Lipinski definition) is 3. The molecule has 0 bridgehead atoms. The maximum atomic E-state index is 12.2. The van der Waals surface area contributed by atoms with Gasteiger partial charge in [0.25, 0.3) is 5.91 Å². The predicted molar refractivity (Wildman–Crippen MR) is 115 cm³/mol. The number of nitrogens with one attached hydrogen (secondary N) is 2. The van der Waals surface area contributed by atoms with Crippen LogP contribution in [0.15, 0.2) is 48.5 Å². The monoisotopic (exact) mass is 431 g/mol. The van der Waals surface area contributed by atoms with Crippen molar-refractivity contribution in [3.8, 4) is 0 Å². The molecular formula is C19H24Cl3N3O2. The summed E-state index contributed by atoms with van der Waals surface area (Å²) in [6.07, 6.45) is 1.04. The van der Waals surface area contributed by atoms with Gasteiger partial charge in [-0.05, 0) is 36.6 Å². The zero-order valence-corrected chi connectivity index (χ0v) is 17.1. The van der Waals surface area contributed by atoms with Gasteiger partial charge >= 0.3 is 0 Å². The summed E-state index contributed by atoms with van der Waals surface area (Å²) in [5.74, 6) is -0.156. The molecule has 148 valence electrons. The second kappa shape index (κ2) is 11.4. The predicted octanol–water partition coefficient (Wildman–Crippen LogP) is 4.24. The van der Waals surface area contributed by atoms with Gasteiger partial charge in [0.15, 0.2) is 0 Å². The molecule has 4 N–H and O–H groups in total. The highest BCUT2D eigenvalue weighted by Crippen LogP contribution is 2.27. The summed E-state index contributed by atoms with van der Waals surface area (Å²) in [5.41, 5.74) is 8.22. The lowest BCUT2D eigenvalue weighted by Gasteiger charge is -2.14. The zero-order valence-electron chi connectivity index (χ0n) is 14.7. The number of carbonyl (C=O) groups is 1. The molecule has 0 radical (unpaired) electrons. The SMILES string of the molecule is Cl.Cl.NC[C@H]1CC[C@@H](C(=O)Nc2ccc(NCc3ccccc3)c(Cl)c2)O1. The number of rotatable bonds is 6. The van der Waals surface area contributed by atoms with E-state index >= 15 is 0 Å². The van der Waals surface area contributed by atoms with Gasteiger partial charge in [0.1, 0.15) is 6.10 Å². The molecule has 0 aliphatic carbocycles. The molecule has 0 unspecified atom stereocenters. The molecule has 2 aromatic rings. The second-order valence-corrected chi connectivity index (χ2v) is 6.49. The smallest absolute Gasteiger partial charge is 0.253 e. The lowest BCUT2D eigenvalue weighted by atomic mass is 10.2. The van der Waals surface area contributed by atoms with E-state index in [4.69, 9.17) is 22.1 Å². The molecule has 1 aliphatic rings. The molecular weight excluding hydrogens is 409 g/mol. The molecule has 2 atom stereocenters. The normalized spacial score (nSPS) is 18.1. The minimum Gasteiger partial charge on any atom is -0.380 e. The van der Waals surface area contributed by atoms with Crippen LogP contribution in [-0.4, -0.2) is 24.7 Å². The molecule has 3 rings (SSSR count). The average Bonchev–Trinajstić information content (AvgIpc) is 3.11. The van der Waals surface area contributed by atoms with Gasteiger partial charge in [-0.3, -0.25) is 4.79 Å². The van der Waals surface area contributed by atoms with Crippen LogP contribution in [-0.2, 0) is 16.1 Å². The molecule has 1 aliphatic heterocycles. The summed E-state index contributed by atoms with van der Waals surface area (Å²) in [5, 5.41) is 6.70. The number of ether oxygens (including phenoxy) is 1. The van der Waals surface area contributed by atoms with E-state index in [2.05, 4.69) is 10.6 Å². The van der Waals surface area contributed by atoms with Crippen LogP contribution >= 0.6 is 36.4 Å². The van der Waals surface area contributed by atoms with Gasteiger partial charge in [-0.15, -0.1) is 24.8 Å². The Hall–Kier alpha value is -1.50. The molecule has 5 nitrogen and oxygen atoms in total. The standard InChI is InChI=1S/C19H22ClN3O2.2ClH/c20-16-10-14(23-19(24)18-9-7-15(11-21)25-18)6-8-17(16)22-12-13-4-2-1-3-5-13;;/h1-6,8,10,15,18,22H,7,9,11-12,21H2,(H,23,24);2*1H/t15-,18+;;/m1../s1.